The summed E-state index contributed by atoms with van der Waals surface area (Å²) in [4.78, 5) is 0.0931. The fraction of sp³-hybridized carbons (Fsp3) is 0.250. The molecule has 2 aromatic rings. The summed E-state index contributed by atoms with van der Waals surface area (Å²) in [5, 5.41) is 0. The van der Waals surface area contributed by atoms with Crippen molar-refractivity contribution in [2.75, 3.05) is 11.0 Å². The molecule has 0 heterocycles. The Morgan fingerprint density at radius 1 is 0.783 bits per heavy atom. The molecule has 0 saturated carbocycles. The Labute approximate surface area is 137 Å². The van der Waals surface area contributed by atoms with Gasteiger partial charge in [-0.05, 0) is 47.9 Å². The third-order valence-corrected chi connectivity index (χ3v) is 5.92. The molecule has 0 unspecified atom stereocenters. The minimum atomic E-state index is -3.75. The molecule has 1 N–H and O–H groups in total. The van der Waals surface area contributed by atoms with E-state index < -0.39 is 19.9 Å². The minimum Gasteiger partial charge on any atom is -0.280 e. The number of benzene rings is 2. The van der Waals surface area contributed by atoms with Crippen LogP contribution in [0.15, 0.2) is 58.3 Å². The van der Waals surface area contributed by atoms with Crippen molar-refractivity contribution in [2.24, 2.45) is 0 Å². The Hall–Kier alpha value is -1.86. The first-order valence-electron chi connectivity index (χ1n) is 7.02. The summed E-state index contributed by atoms with van der Waals surface area (Å²) in [5.74, 6) is 0.365. The van der Waals surface area contributed by atoms with Crippen LogP contribution < -0.4 is 4.72 Å². The predicted molar refractivity (Wildman–Crippen MR) is 90.9 cm³/mol. The molecule has 0 fully saturated rings. The van der Waals surface area contributed by atoms with Gasteiger partial charge >= 0.3 is 0 Å². The average Bonchev–Trinajstić information content (AvgIpc) is 2.46. The molecule has 5 nitrogen and oxygen atoms in total. The van der Waals surface area contributed by atoms with E-state index in [0.29, 0.717) is 11.6 Å². The van der Waals surface area contributed by atoms with E-state index in [1.807, 2.05) is 12.1 Å². The Kier molecular flexibility index (Phi) is 4.81. The van der Waals surface area contributed by atoms with Gasteiger partial charge in [0, 0.05) is 11.9 Å². The molecule has 0 bridgehead atoms. The highest BCUT2D eigenvalue weighted by Crippen LogP contribution is 2.21. The van der Waals surface area contributed by atoms with E-state index in [1.165, 1.54) is 24.3 Å². The van der Waals surface area contributed by atoms with Crippen LogP contribution >= 0.6 is 0 Å². The lowest BCUT2D eigenvalue weighted by atomic mass is 10.0. The summed E-state index contributed by atoms with van der Waals surface area (Å²) in [6.07, 6.45) is 1.07. The molecule has 0 aliphatic rings. The number of hydrogen-bond donors (Lipinski definition) is 1. The number of anilines is 1. The highest BCUT2D eigenvalue weighted by molar-refractivity contribution is 7.92. The van der Waals surface area contributed by atoms with Gasteiger partial charge in [0.2, 0.25) is 0 Å². The second-order valence-electron chi connectivity index (χ2n) is 5.63. The quantitative estimate of drug-likeness (QED) is 0.896. The third kappa shape index (κ3) is 4.33. The molecule has 0 spiro atoms. The van der Waals surface area contributed by atoms with Gasteiger partial charge in [-0.1, -0.05) is 26.0 Å². The zero-order chi connectivity index (χ0) is 17.3. The fourth-order valence-electron chi connectivity index (χ4n) is 2.02. The molecule has 0 aliphatic heterocycles. The second kappa shape index (κ2) is 6.33. The number of nitrogens with one attached hydrogen (secondary N) is 1. The molecule has 2 aromatic carbocycles. The van der Waals surface area contributed by atoms with E-state index in [4.69, 9.17) is 0 Å². The highest BCUT2D eigenvalue weighted by atomic mass is 32.2. The van der Waals surface area contributed by atoms with Crippen LogP contribution in [-0.4, -0.2) is 23.1 Å². The topological polar surface area (TPSA) is 80.3 Å². The van der Waals surface area contributed by atoms with Gasteiger partial charge < -0.3 is 0 Å². The lowest BCUT2D eigenvalue weighted by molar-refractivity contribution is 0.597. The van der Waals surface area contributed by atoms with E-state index in [9.17, 15) is 16.8 Å². The van der Waals surface area contributed by atoms with E-state index in [0.717, 1.165) is 11.8 Å². The molecular weight excluding hydrogens is 334 g/mol. The Balaban J connectivity index is 2.25. The average molecular weight is 353 g/mol. The van der Waals surface area contributed by atoms with Crippen molar-refractivity contribution >= 4 is 25.5 Å². The second-order valence-corrected chi connectivity index (χ2v) is 9.32. The van der Waals surface area contributed by atoms with Gasteiger partial charge in [0.05, 0.1) is 9.79 Å². The molecule has 0 aliphatic carbocycles. The first kappa shape index (κ1) is 17.5. The van der Waals surface area contributed by atoms with Crippen LogP contribution in [0.3, 0.4) is 0 Å². The zero-order valence-corrected chi connectivity index (χ0v) is 14.8. The lowest BCUT2D eigenvalue weighted by Gasteiger charge is -2.10. The molecular formula is C16H19NO4S2. The van der Waals surface area contributed by atoms with E-state index in [-0.39, 0.29) is 9.79 Å². The van der Waals surface area contributed by atoms with Crippen LogP contribution in [0.5, 0.6) is 0 Å². The minimum absolute atomic E-state index is 0.0119. The van der Waals surface area contributed by atoms with Crippen molar-refractivity contribution in [3.63, 3.8) is 0 Å². The summed E-state index contributed by atoms with van der Waals surface area (Å²) >= 11 is 0. The van der Waals surface area contributed by atoms with E-state index in [1.54, 1.807) is 12.1 Å². The van der Waals surface area contributed by atoms with Crippen LogP contribution in [0.4, 0.5) is 5.69 Å². The standard InChI is InChI=1S/C16H19NO4S2/c1-12(2)13-4-6-14(7-5-13)17-23(20,21)16-10-8-15(9-11-16)22(3,18)19/h4-12,17H,1-3H3. The monoisotopic (exact) mass is 353 g/mol. The molecule has 0 radical (unpaired) electrons. The maximum Gasteiger partial charge on any atom is 0.261 e. The van der Waals surface area contributed by atoms with Crippen LogP contribution in [0.25, 0.3) is 0 Å². The molecule has 0 amide bonds. The number of sulfone groups is 1. The third-order valence-electron chi connectivity index (χ3n) is 3.39. The van der Waals surface area contributed by atoms with Gasteiger partial charge in [-0.2, -0.15) is 0 Å². The predicted octanol–water partition coefficient (Wildman–Crippen LogP) is 3.01. The van der Waals surface area contributed by atoms with Gasteiger partial charge in [-0.3, -0.25) is 4.72 Å². The van der Waals surface area contributed by atoms with Crippen molar-refractivity contribution in [1.29, 1.82) is 0 Å². The van der Waals surface area contributed by atoms with Crippen molar-refractivity contribution in [3.05, 3.63) is 54.1 Å². The van der Waals surface area contributed by atoms with Gasteiger partial charge in [-0.15, -0.1) is 0 Å². The molecule has 7 heteroatoms. The summed E-state index contributed by atoms with van der Waals surface area (Å²) in [6, 6.07) is 12.3. The van der Waals surface area contributed by atoms with Crippen molar-refractivity contribution in [1.82, 2.24) is 0 Å². The number of rotatable bonds is 5. The van der Waals surface area contributed by atoms with Crippen LogP contribution in [0.2, 0.25) is 0 Å². The van der Waals surface area contributed by atoms with Gasteiger partial charge in [0.15, 0.2) is 9.84 Å². The Morgan fingerprint density at radius 2 is 1.26 bits per heavy atom. The highest BCUT2D eigenvalue weighted by Gasteiger charge is 2.16. The smallest absolute Gasteiger partial charge is 0.261 e. The van der Waals surface area contributed by atoms with Crippen molar-refractivity contribution < 1.29 is 16.8 Å². The SMILES string of the molecule is CC(C)c1ccc(NS(=O)(=O)c2ccc(S(C)(=O)=O)cc2)cc1. The van der Waals surface area contributed by atoms with Gasteiger partial charge in [0.25, 0.3) is 10.0 Å². The summed E-state index contributed by atoms with van der Waals surface area (Å²) < 4.78 is 49.9. The Bertz CT molecular complexity index is 882. The van der Waals surface area contributed by atoms with Crippen LogP contribution in [0, 0.1) is 0 Å². The van der Waals surface area contributed by atoms with Gasteiger partial charge in [0.1, 0.15) is 0 Å². The normalized spacial score (nSPS) is 12.3. The molecule has 0 saturated heterocycles. The lowest BCUT2D eigenvalue weighted by Crippen LogP contribution is -2.13. The molecule has 2 rings (SSSR count). The fourth-order valence-corrected chi connectivity index (χ4v) is 3.71. The molecule has 0 aromatic heterocycles. The van der Waals surface area contributed by atoms with Crippen molar-refractivity contribution in [2.45, 2.75) is 29.6 Å². The zero-order valence-electron chi connectivity index (χ0n) is 13.1. The largest absolute Gasteiger partial charge is 0.280 e. The summed E-state index contributed by atoms with van der Waals surface area (Å²) in [6.45, 7) is 4.12. The molecule has 23 heavy (non-hydrogen) atoms. The first-order valence-corrected chi connectivity index (χ1v) is 10.4. The van der Waals surface area contributed by atoms with Gasteiger partial charge in [-0.25, -0.2) is 16.8 Å². The number of hydrogen-bond acceptors (Lipinski definition) is 4. The molecule has 0 atom stereocenters. The summed E-state index contributed by atoms with van der Waals surface area (Å²) in [7, 11) is -7.11. The number of sulfonamides is 1. The van der Waals surface area contributed by atoms with E-state index >= 15 is 0 Å². The first-order chi connectivity index (χ1) is 10.6. The maximum atomic E-state index is 12.3. The summed E-state index contributed by atoms with van der Waals surface area (Å²) in [5.41, 5.74) is 1.58. The Morgan fingerprint density at radius 3 is 1.70 bits per heavy atom. The van der Waals surface area contributed by atoms with Crippen LogP contribution in [-0.2, 0) is 19.9 Å². The van der Waals surface area contributed by atoms with Crippen molar-refractivity contribution in [3.8, 4) is 0 Å². The molecule has 124 valence electrons. The van der Waals surface area contributed by atoms with E-state index in [2.05, 4.69) is 18.6 Å². The van der Waals surface area contributed by atoms with Crippen LogP contribution in [0.1, 0.15) is 25.3 Å². The maximum absolute atomic E-state index is 12.3.